The Balaban J connectivity index is 2.06. The van der Waals surface area contributed by atoms with Crippen molar-refractivity contribution in [1.82, 2.24) is 4.98 Å². The Kier molecular flexibility index (Phi) is 3.47. The van der Waals surface area contributed by atoms with E-state index in [0.717, 1.165) is 17.7 Å². The number of hydrogen-bond acceptors (Lipinski definition) is 5. The van der Waals surface area contributed by atoms with Gasteiger partial charge >= 0.3 is 0 Å². The van der Waals surface area contributed by atoms with Crippen molar-refractivity contribution in [2.24, 2.45) is 5.16 Å². The Morgan fingerprint density at radius 3 is 3.00 bits per heavy atom. The molecule has 1 aromatic carbocycles. The van der Waals surface area contributed by atoms with Crippen molar-refractivity contribution in [3.63, 3.8) is 0 Å². The maximum Gasteiger partial charge on any atom is 0.269 e. The van der Waals surface area contributed by atoms with Gasteiger partial charge in [-0.1, -0.05) is 23.4 Å². The van der Waals surface area contributed by atoms with Gasteiger partial charge in [0.25, 0.3) is 5.91 Å². The summed E-state index contributed by atoms with van der Waals surface area (Å²) in [6.45, 7) is 0.604. The number of hydrogen-bond donors (Lipinski definition) is 1. The van der Waals surface area contributed by atoms with Crippen LogP contribution in [0.5, 0.6) is 0 Å². The minimum atomic E-state index is -0.0564. The molecule has 102 valence electrons. The van der Waals surface area contributed by atoms with E-state index < -0.39 is 0 Å². The highest BCUT2D eigenvalue weighted by Gasteiger charge is 2.25. The molecule has 0 atom stereocenters. The van der Waals surface area contributed by atoms with Gasteiger partial charge in [-0.15, -0.1) is 11.3 Å². The molecular formula is C14H13N3O2S. The predicted octanol–water partition coefficient (Wildman–Crippen LogP) is 2.76. The van der Waals surface area contributed by atoms with E-state index in [9.17, 15) is 4.79 Å². The van der Waals surface area contributed by atoms with Gasteiger partial charge in [-0.2, -0.15) is 0 Å². The van der Waals surface area contributed by atoms with E-state index >= 15 is 0 Å². The normalized spacial score (nSPS) is 16.8. The van der Waals surface area contributed by atoms with Crippen molar-refractivity contribution < 1.29 is 10.0 Å². The fourth-order valence-corrected chi connectivity index (χ4v) is 2.95. The Bertz CT molecular complexity index is 652. The third kappa shape index (κ3) is 2.18. The largest absolute Gasteiger partial charge is 0.411 e. The first kappa shape index (κ1) is 12.8. The van der Waals surface area contributed by atoms with Crippen molar-refractivity contribution in [3.8, 4) is 0 Å². The number of aromatic nitrogens is 1. The van der Waals surface area contributed by atoms with Crippen LogP contribution in [-0.4, -0.2) is 28.4 Å². The van der Waals surface area contributed by atoms with Crippen LogP contribution in [0.1, 0.15) is 28.1 Å². The lowest BCUT2D eigenvalue weighted by molar-refractivity contribution is 0.0990. The molecule has 5 nitrogen and oxygen atoms in total. The molecule has 20 heavy (non-hydrogen) atoms. The molecule has 1 aliphatic heterocycles. The molecule has 1 aromatic heterocycles. The maximum absolute atomic E-state index is 12.6. The van der Waals surface area contributed by atoms with Gasteiger partial charge in [0.05, 0.1) is 23.1 Å². The summed E-state index contributed by atoms with van der Waals surface area (Å²) in [6.07, 6.45) is 3.00. The van der Waals surface area contributed by atoms with Crippen LogP contribution in [0.2, 0.25) is 0 Å². The van der Waals surface area contributed by atoms with Gasteiger partial charge in [0.2, 0.25) is 0 Å². The molecule has 1 N–H and O–H groups in total. The fourth-order valence-electron chi connectivity index (χ4n) is 2.38. The van der Waals surface area contributed by atoms with Crippen LogP contribution in [0, 0.1) is 0 Å². The molecule has 1 aliphatic rings. The number of rotatable bonds is 1. The average Bonchev–Trinajstić information content (AvgIpc) is 2.95. The summed E-state index contributed by atoms with van der Waals surface area (Å²) in [5.41, 5.74) is 3.87. The topological polar surface area (TPSA) is 65.8 Å². The number of benzene rings is 1. The van der Waals surface area contributed by atoms with E-state index in [2.05, 4.69) is 10.1 Å². The second-order valence-electron chi connectivity index (χ2n) is 4.49. The third-order valence-electron chi connectivity index (χ3n) is 3.31. The molecule has 3 rings (SSSR count). The van der Waals surface area contributed by atoms with E-state index in [0.29, 0.717) is 23.6 Å². The highest BCUT2D eigenvalue weighted by molar-refractivity contribution is 7.11. The lowest BCUT2D eigenvalue weighted by Crippen LogP contribution is -2.31. The molecule has 0 radical (unpaired) electrons. The van der Waals surface area contributed by atoms with E-state index in [1.807, 2.05) is 24.3 Å². The minimum Gasteiger partial charge on any atom is -0.411 e. The van der Waals surface area contributed by atoms with E-state index in [1.54, 1.807) is 16.6 Å². The summed E-state index contributed by atoms with van der Waals surface area (Å²) in [7, 11) is 0. The van der Waals surface area contributed by atoms with Crippen LogP contribution in [-0.2, 0) is 0 Å². The zero-order valence-electron chi connectivity index (χ0n) is 10.7. The van der Waals surface area contributed by atoms with Crippen molar-refractivity contribution in [2.45, 2.75) is 12.8 Å². The van der Waals surface area contributed by atoms with Crippen molar-refractivity contribution in [3.05, 3.63) is 46.4 Å². The first-order valence-electron chi connectivity index (χ1n) is 6.32. The average molecular weight is 287 g/mol. The molecule has 0 aliphatic carbocycles. The molecule has 1 amide bonds. The second kappa shape index (κ2) is 5.42. The summed E-state index contributed by atoms with van der Waals surface area (Å²) in [5.74, 6) is -0.0564. The van der Waals surface area contributed by atoms with Gasteiger partial charge in [0.1, 0.15) is 4.88 Å². The van der Waals surface area contributed by atoms with Crippen molar-refractivity contribution >= 4 is 28.6 Å². The van der Waals surface area contributed by atoms with Crippen LogP contribution < -0.4 is 4.90 Å². The zero-order chi connectivity index (χ0) is 13.9. The number of thiazole rings is 1. The highest BCUT2D eigenvalue weighted by Crippen LogP contribution is 2.28. The first-order chi connectivity index (χ1) is 9.81. The van der Waals surface area contributed by atoms with Crippen LogP contribution in [0.25, 0.3) is 0 Å². The number of anilines is 1. The van der Waals surface area contributed by atoms with Gasteiger partial charge in [0.15, 0.2) is 0 Å². The van der Waals surface area contributed by atoms with E-state index in [-0.39, 0.29) is 5.91 Å². The molecule has 0 fully saturated rings. The molecule has 0 bridgehead atoms. The zero-order valence-corrected chi connectivity index (χ0v) is 11.5. The Labute approximate surface area is 120 Å². The third-order valence-corrected chi connectivity index (χ3v) is 4.07. The number of para-hydroxylation sites is 1. The van der Waals surface area contributed by atoms with Gasteiger partial charge in [-0.3, -0.25) is 9.78 Å². The number of amides is 1. The van der Waals surface area contributed by atoms with Crippen LogP contribution >= 0.6 is 11.3 Å². The second-order valence-corrected chi connectivity index (χ2v) is 5.38. The van der Waals surface area contributed by atoms with Crippen LogP contribution in [0.15, 0.2) is 41.1 Å². The SMILES string of the molecule is O=C(c1cncs1)N1CCC/C(=N/O)c2ccccc21. The first-order valence-corrected chi connectivity index (χ1v) is 7.20. The van der Waals surface area contributed by atoms with E-state index in [1.165, 1.54) is 11.3 Å². The molecule has 6 heteroatoms. The molecule has 0 spiro atoms. The number of oxime groups is 1. The molecule has 0 saturated heterocycles. The van der Waals surface area contributed by atoms with Crippen LogP contribution in [0.3, 0.4) is 0 Å². The highest BCUT2D eigenvalue weighted by atomic mass is 32.1. The number of fused-ring (bicyclic) bond motifs is 1. The lowest BCUT2D eigenvalue weighted by Gasteiger charge is -2.21. The maximum atomic E-state index is 12.6. The lowest BCUT2D eigenvalue weighted by atomic mass is 10.1. The van der Waals surface area contributed by atoms with Crippen molar-refractivity contribution in [1.29, 1.82) is 0 Å². The summed E-state index contributed by atoms with van der Waals surface area (Å²) in [5, 5.41) is 12.5. The summed E-state index contributed by atoms with van der Waals surface area (Å²) < 4.78 is 0. The molecule has 2 aromatic rings. The quantitative estimate of drug-likeness (QED) is 0.648. The summed E-state index contributed by atoms with van der Waals surface area (Å²) in [6, 6.07) is 7.52. The Morgan fingerprint density at radius 2 is 2.25 bits per heavy atom. The van der Waals surface area contributed by atoms with Gasteiger partial charge in [-0.25, -0.2) is 0 Å². The van der Waals surface area contributed by atoms with Crippen molar-refractivity contribution in [2.75, 3.05) is 11.4 Å². The molecule has 0 saturated carbocycles. The van der Waals surface area contributed by atoms with Crippen LogP contribution in [0.4, 0.5) is 5.69 Å². The fraction of sp³-hybridized carbons (Fsp3) is 0.214. The van der Waals surface area contributed by atoms with Gasteiger partial charge in [0, 0.05) is 12.1 Å². The molecule has 2 heterocycles. The summed E-state index contributed by atoms with van der Waals surface area (Å²) >= 11 is 1.33. The molecular weight excluding hydrogens is 274 g/mol. The number of carbonyl (C=O) groups is 1. The standard InChI is InChI=1S/C14H13N3O2S/c18-14(13-8-15-9-20-13)17-7-3-5-11(16-19)10-4-1-2-6-12(10)17/h1-2,4,6,8-9,19H,3,5,7H2/b16-11-. The van der Waals surface area contributed by atoms with Gasteiger partial charge in [-0.05, 0) is 18.9 Å². The van der Waals surface area contributed by atoms with Gasteiger partial charge < -0.3 is 10.1 Å². The number of nitrogens with zero attached hydrogens (tertiary/aromatic N) is 3. The Morgan fingerprint density at radius 1 is 1.40 bits per heavy atom. The predicted molar refractivity (Wildman–Crippen MR) is 77.8 cm³/mol. The molecule has 0 unspecified atom stereocenters. The monoisotopic (exact) mass is 287 g/mol. The Hall–Kier alpha value is -2.21. The summed E-state index contributed by atoms with van der Waals surface area (Å²) in [4.78, 5) is 18.9. The minimum absolute atomic E-state index is 0.0564. The number of carbonyl (C=O) groups excluding carboxylic acids is 1. The van der Waals surface area contributed by atoms with E-state index in [4.69, 9.17) is 5.21 Å². The smallest absolute Gasteiger partial charge is 0.269 e.